The number of carbonyl (C=O) groups excluding carboxylic acids is 1. The summed E-state index contributed by atoms with van der Waals surface area (Å²) in [5.41, 5.74) is 1.89. The molecule has 2 heterocycles. The van der Waals surface area contributed by atoms with Crippen molar-refractivity contribution < 1.29 is 9.18 Å². The summed E-state index contributed by atoms with van der Waals surface area (Å²) in [7, 11) is 0. The minimum absolute atomic E-state index is 0.0706. The van der Waals surface area contributed by atoms with Gasteiger partial charge in [-0.25, -0.2) is 9.37 Å². The third-order valence-corrected chi connectivity index (χ3v) is 4.44. The van der Waals surface area contributed by atoms with E-state index in [0.29, 0.717) is 19.6 Å². The molecule has 6 heteroatoms. The smallest absolute Gasteiger partial charge is 0.258 e. The molecular weight excluding hydrogens is 317 g/mol. The van der Waals surface area contributed by atoms with Gasteiger partial charge in [0.1, 0.15) is 11.6 Å². The van der Waals surface area contributed by atoms with Gasteiger partial charge in [-0.3, -0.25) is 4.79 Å². The molecule has 1 aliphatic rings. The monoisotopic (exact) mass is 329 g/mol. The molecule has 0 saturated carbocycles. The minimum atomic E-state index is -0.596. The molecule has 116 valence electrons. The fraction of sp³-hybridized carbons (Fsp3) is 0.176. The molecule has 23 heavy (non-hydrogen) atoms. The largest absolute Gasteiger partial charge is 0.329 e. The molecule has 0 radical (unpaired) electrons. The summed E-state index contributed by atoms with van der Waals surface area (Å²) in [6.07, 6.45) is 0. The number of amides is 1. The number of imidazole rings is 1. The van der Waals surface area contributed by atoms with Gasteiger partial charge in [0, 0.05) is 13.1 Å². The molecule has 0 fully saturated rings. The van der Waals surface area contributed by atoms with Crippen molar-refractivity contribution >= 4 is 28.5 Å². The van der Waals surface area contributed by atoms with Crippen molar-refractivity contribution in [2.75, 3.05) is 6.54 Å². The Balaban J connectivity index is 1.69. The number of benzene rings is 2. The van der Waals surface area contributed by atoms with Gasteiger partial charge in [0.2, 0.25) is 0 Å². The normalized spacial score (nSPS) is 14.1. The molecule has 4 nitrogen and oxygen atoms in total. The molecule has 1 amide bonds. The Morgan fingerprint density at radius 1 is 1.13 bits per heavy atom. The van der Waals surface area contributed by atoms with Crippen LogP contribution in [0.15, 0.2) is 42.5 Å². The van der Waals surface area contributed by atoms with Crippen LogP contribution in [0.3, 0.4) is 0 Å². The lowest BCUT2D eigenvalue weighted by atomic mass is 10.1. The van der Waals surface area contributed by atoms with Gasteiger partial charge in [-0.1, -0.05) is 29.8 Å². The quantitative estimate of drug-likeness (QED) is 0.685. The Hall–Kier alpha value is -2.40. The van der Waals surface area contributed by atoms with E-state index in [0.717, 1.165) is 16.9 Å². The lowest BCUT2D eigenvalue weighted by Gasteiger charge is -2.28. The lowest BCUT2D eigenvalue weighted by molar-refractivity contribution is 0.0704. The van der Waals surface area contributed by atoms with E-state index < -0.39 is 11.7 Å². The number of hydrogen-bond acceptors (Lipinski definition) is 2. The van der Waals surface area contributed by atoms with E-state index in [1.54, 1.807) is 4.90 Å². The van der Waals surface area contributed by atoms with E-state index in [-0.39, 0.29) is 10.6 Å². The van der Waals surface area contributed by atoms with Gasteiger partial charge in [0.25, 0.3) is 5.91 Å². The van der Waals surface area contributed by atoms with Crippen LogP contribution in [0.5, 0.6) is 0 Å². The van der Waals surface area contributed by atoms with Crippen molar-refractivity contribution in [3.63, 3.8) is 0 Å². The van der Waals surface area contributed by atoms with E-state index in [9.17, 15) is 9.18 Å². The van der Waals surface area contributed by atoms with Crippen LogP contribution in [-0.4, -0.2) is 26.9 Å². The number of fused-ring (bicyclic) bond motifs is 3. The number of rotatable bonds is 1. The van der Waals surface area contributed by atoms with Crippen LogP contribution in [0.4, 0.5) is 4.39 Å². The van der Waals surface area contributed by atoms with E-state index >= 15 is 0 Å². The summed E-state index contributed by atoms with van der Waals surface area (Å²) < 4.78 is 16.1. The van der Waals surface area contributed by atoms with Gasteiger partial charge in [0.05, 0.1) is 28.2 Å². The van der Waals surface area contributed by atoms with Crippen molar-refractivity contribution in [2.24, 2.45) is 0 Å². The Kier molecular flexibility index (Phi) is 3.31. The molecule has 0 N–H and O–H groups in total. The Morgan fingerprint density at radius 3 is 2.78 bits per heavy atom. The van der Waals surface area contributed by atoms with E-state index in [1.807, 2.05) is 24.3 Å². The van der Waals surface area contributed by atoms with Gasteiger partial charge >= 0.3 is 0 Å². The molecule has 0 atom stereocenters. The summed E-state index contributed by atoms with van der Waals surface area (Å²) >= 11 is 6.00. The minimum Gasteiger partial charge on any atom is -0.329 e. The van der Waals surface area contributed by atoms with Gasteiger partial charge in [-0.05, 0) is 24.3 Å². The fourth-order valence-corrected chi connectivity index (χ4v) is 3.24. The second-order valence-corrected chi connectivity index (χ2v) is 5.90. The van der Waals surface area contributed by atoms with E-state index in [2.05, 4.69) is 9.55 Å². The summed E-state index contributed by atoms with van der Waals surface area (Å²) in [6, 6.07) is 12.1. The first-order valence-corrected chi connectivity index (χ1v) is 7.70. The summed E-state index contributed by atoms with van der Waals surface area (Å²) in [5, 5.41) is 0.133. The molecule has 0 spiro atoms. The van der Waals surface area contributed by atoms with Gasteiger partial charge < -0.3 is 9.47 Å². The lowest BCUT2D eigenvalue weighted by Crippen LogP contribution is -2.38. The van der Waals surface area contributed by atoms with Crippen molar-refractivity contribution in [3.05, 3.63) is 64.7 Å². The maximum Gasteiger partial charge on any atom is 0.258 e. The first-order chi connectivity index (χ1) is 11.1. The van der Waals surface area contributed by atoms with Crippen molar-refractivity contribution in [2.45, 2.75) is 13.1 Å². The number of carbonyl (C=O) groups is 1. The Labute approximate surface area is 137 Å². The highest BCUT2D eigenvalue weighted by molar-refractivity contribution is 6.33. The van der Waals surface area contributed by atoms with E-state index in [4.69, 9.17) is 11.6 Å². The highest BCUT2D eigenvalue weighted by Crippen LogP contribution is 2.25. The van der Waals surface area contributed by atoms with Crippen LogP contribution >= 0.6 is 11.6 Å². The second kappa shape index (κ2) is 5.35. The number of aromatic nitrogens is 2. The maximum atomic E-state index is 14.0. The molecule has 0 saturated heterocycles. The molecule has 2 aromatic carbocycles. The molecular formula is C17H13ClFN3O. The third-order valence-electron chi connectivity index (χ3n) is 4.12. The van der Waals surface area contributed by atoms with Crippen LogP contribution in [0, 0.1) is 5.82 Å². The number of hydrogen-bond donors (Lipinski definition) is 0. The zero-order valence-electron chi connectivity index (χ0n) is 12.2. The average Bonchev–Trinajstić information content (AvgIpc) is 2.92. The second-order valence-electron chi connectivity index (χ2n) is 5.49. The van der Waals surface area contributed by atoms with Gasteiger partial charge in [-0.2, -0.15) is 0 Å². The van der Waals surface area contributed by atoms with Crippen LogP contribution < -0.4 is 0 Å². The standard InChI is InChI=1S/C17H13ClFN3O/c18-11-4-3-5-12(19)16(11)17(23)21-8-9-22-14-7-2-1-6-13(14)20-15(22)10-21/h1-7H,8-10H2. The third kappa shape index (κ3) is 2.28. The summed E-state index contributed by atoms with van der Waals surface area (Å²) in [4.78, 5) is 18.8. The molecule has 1 aliphatic heterocycles. The number of halogens is 2. The summed E-state index contributed by atoms with van der Waals surface area (Å²) in [5.74, 6) is -0.189. The van der Waals surface area contributed by atoms with Crippen LogP contribution in [0.1, 0.15) is 16.2 Å². The molecule has 4 rings (SSSR count). The predicted molar refractivity (Wildman–Crippen MR) is 85.9 cm³/mol. The van der Waals surface area contributed by atoms with Crippen LogP contribution in [0.2, 0.25) is 5.02 Å². The van der Waals surface area contributed by atoms with Crippen molar-refractivity contribution in [1.29, 1.82) is 0 Å². The molecule has 0 bridgehead atoms. The topological polar surface area (TPSA) is 38.1 Å². The molecule has 0 unspecified atom stereocenters. The Morgan fingerprint density at radius 2 is 1.96 bits per heavy atom. The Bertz CT molecular complexity index is 901. The molecule has 3 aromatic rings. The zero-order valence-corrected chi connectivity index (χ0v) is 12.9. The predicted octanol–water partition coefficient (Wildman–Crippen LogP) is 3.48. The van der Waals surface area contributed by atoms with Crippen LogP contribution in [-0.2, 0) is 13.1 Å². The first-order valence-electron chi connectivity index (χ1n) is 7.32. The zero-order chi connectivity index (χ0) is 16.0. The summed E-state index contributed by atoms with van der Waals surface area (Å²) in [6.45, 7) is 1.47. The molecule has 1 aromatic heterocycles. The fourth-order valence-electron chi connectivity index (χ4n) is 3.00. The van der Waals surface area contributed by atoms with Crippen molar-refractivity contribution in [3.8, 4) is 0 Å². The van der Waals surface area contributed by atoms with E-state index in [1.165, 1.54) is 18.2 Å². The SMILES string of the molecule is O=C(c1c(F)cccc1Cl)N1CCn2c(nc3ccccc32)C1. The highest BCUT2D eigenvalue weighted by Gasteiger charge is 2.27. The van der Waals surface area contributed by atoms with Gasteiger partial charge in [-0.15, -0.1) is 0 Å². The maximum absolute atomic E-state index is 14.0. The number of para-hydroxylation sites is 2. The number of nitrogens with zero attached hydrogens (tertiary/aromatic N) is 3. The van der Waals surface area contributed by atoms with Crippen molar-refractivity contribution in [1.82, 2.24) is 14.5 Å². The first kappa shape index (κ1) is 14.2. The highest BCUT2D eigenvalue weighted by atomic mass is 35.5. The average molecular weight is 330 g/mol. The van der Waals surface area contributed by atoms with Crippen LogP contribution in [0.25, 0.3) is 11.0 Å². The van der Waals surface area contributed by atoms with Gasteiger partial charge in [0.15, 0.2) is 0 Å². The molecule has 0 aliphatic carbocycles.